The Hall–Kier alpha value is -4.30. The van der Waals surface area contributed by atoms with Gasteiger partial charge in [-0.15, -0.1) is 0 Å². The third kappa shape index (κ3) is 5.20. The molecule has 1 fully saturated rings. The number of rotatable bonds is 6. The lowest BCUT2D eigenvalue weighted by Gasteiger charge is -2.25. The molecule has 0 atom stereocenters. The molecular formula is C31H30FN5O2. The van der Waals surface area contributed by atoms with Gasteiger partial charge >= 0.3 is 0 Å². The van der Waals surface area contributed by atoms with Crippen LogP contribution in [0.2, 0.25) is 0 Å². The van der Waals surface area contributed by atoms with E-state index in [0.29, 0.717) is 12.0 Å². The molecule has 198 valence electrons. The van der Waals surface area contributed by atoms with Gasteiger partial charge < -0.3 is 19.4 Å². The molecule has 0 radical (unpaired) electrons. The molecule has 39 heavy (non-hydrogen) atoms. The number of para-hydroxylation sites is 2. The van der Waals surface area contributed by atoms with Crippen molar-refractivity contribution in [2.24, 2.45) is 4.99 Å². The molecule has 1 aromatic heterocycles. The monoisotopic (exact) mass is 523 g/mol. The van der Waals surface area contributed by atoms with E-state index in [0.717, 1.165) is 70.5 Å². The number of pyridine rings is 1. The predicted molar refractivity (Wildman–Crippen MR) is 150 cm³/mol. The number of ether oxygens (including phenoxy) is 2. The first-order chi connectivity index (χ1) is 19.1. The number of fused-ring (bicyclic) bond motifs is 2. The maximum absolute atomic E-state index is 13.8. The van der Waals surface area contributed by atoms with Crippen LogP contribution in [0.3, 0.4) is 0 Å². The summed E-state index contributed by atoms with van der Waals surface area (Å²) < 4.78 is 26.8. The molecule has 7 nitrogen and oxygen atoms in total. The van der Waals surface area contributed by atoms with Crippen molar-refractivity contribution in [2.75, 3.05) is 19.5 Å². The molecule has 3 aromatic rings. The minimum Gasteiger partial charge on any atom is -0.481 e. The van der Waals surface area contributed by atoms with Crippen LogP contribution in [0, 0.1) is 5.82 Å². The van der Waals surface area contributed by atoms with E-state index >= 15 is 0 Å². The second-order valence-corrected chi connectivity index (χ2v) is 9.78. The highest BCUT2D eigenvalue weighted by Gasteiger charge is 2.21. The molecule has 0 spiro atoms. The van der Waals surface area contributed by atoms with Gasteiger partial charge in [0.1, 0.15) is 5.82 Å². The molecule has 6 rings (SSSR count). The maximum Gasteiger partial charge on any atom is 0.213 e. The van der Waals surface area contributed by atoms with Crippen LogP contribution in [0.25, 0.3) is 28.1 Å². The van der Waals surface area contributed by atoms with E-state index in [1.165, 1.54) is 12.1 Å². The Balaban J connectivity index is 1.55. The molecule has 3 aliphatic rings. The summed E-state index contributed by atoms with van der Waals surface area (Å²) >= 11 is 0. The number of halogens is 1. The Morgan fingerprint density at radius 1 is 0.949 bits per heavy atom. The first-order valence-corrected chi connectivity index (χ1v) is 13.2. The van der Waals surface area contributed by atoms with E-state index in [9.17, 15) is 4.39 Å². The fourth-order valence-corrected chi connectivity index (χ4v) is 5.25. The number of nitrogens with one attached hydrogen (secondary N) is 1. The van der Waals surface area contributed by atoms with Crippen LogP contribution in [0.15, 0.2) is 84.0 Å². The van der Waals surface area contributed by atoms with Crippen molar-refractivity contribution in [2.45, 2.75) is 37.8 Å². The SMILES string of the molecule is COc1ccc(Nc2cc3nc4ccccc4n(-c4ccc(F)cc4)c-3cc2=NC2CCC(OC)CC2)cn1. The van der Waals surface area contributed by atoms with Gasteiger partial charge in [-0.2, -0.15) is 0 Å². The van der Waals surface area contributed by atoms with Gasteiger partial charge in [0, 0.05) is 18.9 Å². The third-order valence-electron chi connectivity index (χ3n) is 7.31. The molecule has 2 heterocycles. The predicted octanol–water partition coefficient (Wildman–Crippen LogP) is 6.27. The number of anilines is 2. The number of methoxy groups -OCH3 is 2. The number of nitrogens with zero attached hydrogens (tertiary/aromatic N) is 4. The minimum absolute atomic E-state index is 0.191. The fraction of sp³-hybridized carbons (Fsp3) is 0.258. The zero-order chi connectivity index (χ0) is 26.8. The van der Waals surface area contributed by atoms with E-state index in [1.54, 1.807) is 32.5 Å². The summed E-state index contributed by atoms with van der Waals surface area (Å²) in [5.74, 6) is 0.274. The topological polar surface area (TPSA) is 73.6 Å². The zero-order valence-electron chi connectivity index (χ0n) is 22.0. The normalized spacial score (nSPS) is 18.0. The highest BCUT2D eigenvalue weighted by molar-refractivity contribution is 5.84. The number of aromatic nitrogens is 3. The molecule has 0 amide bonds. The summed E-state index contributed by atoms with van der Waals surface area (Å²) in [6.07, 6.45) is 5.95. The van der Waals surface area contributed by atoms with E-state index in [4.69, 9.17) is 19.5 Å². The Morgan fingerprint density at radius 3 is 2.46 bits per heavy atom. The Bertz CT molecular complexity index is 1620. The minimum atomic E-state index is -0.274. The van der Waals surface area contributed by atoms with Crippen LogP contribution in [-0.4, -0.2) is 40.9 Å². The zero-order valence-corrected chi connectivity index (χ0v) is 22.0. The Kier molecular flexibility index (Phi) is 6.94. The number of hydrogen-bond donors (Lipinski definition) is 1. The van der Waals surface area contributed by atoms with Crippen LogP contribution in [0.1, 0.15) is 25.7 Å². The fourth-order valence-electron chi connectivity index (χ4n) is 5.25. The molecule has 2 aliphatic carbocycles. The Labute approximate surface area is 226 Å². The molecule has 1 N–H and O–H groups in total. The summed E-state index contributed by atoms with van der Waals surface area (Å²) in [5, 5.41) is 4.34. The molecule has 8 heteroatoms. The second kappa shape index (κ2) is 10.8. The lowest BCUT2D eigenvalue weighted by atomic mass is 9.93. The Morgan fingerprint density at radius 2 is 1.74 bits per heavy atom. The van der Waals surface area contributed by atoms with Crippen LogP contribution in [0.4, 0.5) is 15.8 Å². The average molecular weight is 524 g/mol. The molecule has 0 bridgehead atoms. The van der Waals surface area contributed by atoms with E-state index < -0.39 is 0 Å². The smallest absolute Gasteiger partial charge is 0.213 e. The second-order valence-electron chi connectivity index (χ2n) is 9.78. The summed E-state index contributed by atoms with van der Waals surface area (Å²) in [6.45, 7) is 0. The summed E-state index contributed by atoms with van der Waals surface area (Å²) in [6, 6.07) is 22.6. The van der Waals surface area contributed by atoms with Crippen LogP contribution in [-0.2, 0) is 4.74 Å². The van der Waals surface area contributed by atoms with Crippen molar-refractivity contribution < 1.29 is 13.9 Å². The van der Waals surface area contributed by atoms with Crippen molar-refractivity contribution in [3.8, 4) is 23.0 Å². The average Bonchev–Trinajstić information content (AvgIpc) is 2.98. The highest BCUT2D eigenvalue weighted by Crippen LogP contribution is 2.31. The lowest BCUT2D eigenvalue weighted by molar-refractivity contribution is 0.0663. The van der Waals surface area contributed by atoms with Crippen molar-refractivity contribution in [3.63, 3.8) is 0 Å². The first kappa shape index (κ1) is 25.0. The van der Waals surface area contributed by atoms with Crippen molar-refractivity contribution in [1.29, 1.82) is 0 Å². The molecule has 1 saturated carbocycles. The largest absolute Gasteiger partial charge is 0.481 e. The van der Waals surface area contributed by atoms with Gasteiger partial charge in [0.2, 0.25) is 5.88 Å². The summed E-state index contributed by atoms with van der Waals surface area (Å²) in [5.41, 5.74) is 5.98. The standard InChI is InChI=1S/C31H30FN5O2/c1-38-24-14-9-21(10-15-24)34-27-18-30-28(17-26(27)35-22-11-16-31(39-2)33-19-22)36-25-5-3-4-6-29(25)37(30)23-12-7-20(32)8-13-23/h3-8,11-13,16-19,21,24,35H,9-10,14-15H2,1-2H3. The molecular weight excluding hydrogens is 493 g/mol. The molecule has 0 unspecified atom stereocenters. The first-order valence-electron chi connectivity index (χ1n) is 13.2. The van der Waals surface area contributed by atoms with Gasteiger partial charge in [-0.3, -0.25) is 4.99 Å². The van der Waals surface area contributed by atoms with E-state index in [-0.39, 0.29) is 11.9 Å². The van der Waals surface area contributed by atoms with Gasteiger partial charge in [0.25, 0.3) is 0 Å². The third-order valence-corrected chi connectivity index (χ3v) is 7.31. The molecule has 0 saturated heterocycles. The number of benzene rings is 3. The van der Waals surface area contributed by atoms with E-state index in [1.807, 2.05) is 42.5 Å². The van der Waals surface area contributed by atoms with Gasteiger partial charge in [-0.05, 0) is 80.3 Å². The molecule has 1 aliphatic heterocycles. The summed E-state index contributed by atoms with van der Waals surface area (Å²) in [7, 11) is 3.38. The van der Waals surface area contributed by atoms with Gasteiger partial charge in [0.15, 0.2) is 0 Å². The van der Waals surface area contributed by atoms with Crippen molar-refractivity contribution >= 4 is 22.4 Å². The van der Waals surface area contributed by atoms with Gasteiger partial charge in [0.05, 0.1) is 64.6 Å². The quantitative estimate of drug-likeness (QED) is 0.265. The van der Waals surface area contributed by atoms with Crippen LogP contribution < -0.4 is 15.4 Å². The van der Waals surface area contributed by atoms with Gasteiger partial charge in [-0.25, -0.2) is 14.4 Å². The van der Waals surface area contributed by atoms with E-state index in [2.05, 4.69) is 20.9 Å². The summed E-state index contributed by atoms with van der Waals surface area (Å²) in [4.78, 5) is 14.6. The highest BCUT2D eigenvalue weighted by atomic mass is 19.1. The van der Waals surface area contributed by atoms with Crippen LogP contribution >= 0.6 is 0 Å². The van der Waals surface area contributed by atoms with Crippen molar-refractivity contribution in [3.05, 3.63) is 90.2 Å². The number of hydrogen-bond acceptors (Lipinski definition) is 6. The lowest BCUT2D eigenvalue weighted by Crippen LogP contribution is -2.25. The van der Waals surface area contributed by atoms with Crippen LogP contribution in [0.5, 0.6) is 5.88 Å². The maximum atomic E-state index is 13.8. The molecule has 2 aromatic carbocycles. The van der Waals surface area contributed by atoms with Gasteiger partial charge in [-0.1, -0.05) is 12.1 Å². The van der Waals surface area contributed by atoms with Crippen molar-refractivity contribution in [1.82, 2.24) is 14.5 Å².